The van der Waals surface area contributed by atoms with Gasteiger partial charge in [0.2, 0.25) is 5.91 Å². The summed E-state index contributed by atoms with van der Waals surface area (Å²) in [5.41, 5.74) is 8.68. The topological polar surface area (TPSA) is 62.1 Å². The molecule has 1 atom stereocenters. The zero-order valence-corrected chi connectivity index (χ0v) is 11.7. The van der Waals surface area contributed by atoms with E-state index in [4.69, 9.17) is 5.73 Å². The van der Waals surface area contributed by atoms with Crippen LogP contribution in [0.25, 0.3) is 10.9 Å². The summed E-state index contributed by atoms with van der Waals surface area (Å²) in [4.78, 5) is 17.5. The number of nitrogens with two attached hydrogens (primary N) is 1. The minimum Gasteiger partial charge on any atom is -0.357 e. The lowest BCUT2D eigenvalue weighted by Gasteiger charge is -2.22. The molecule has 2 rings (SSSR count). The number of nitrogens with one attached hydrogen (secondary N) is 1. The molecule has 1 heterocycles. The third-order valence-corrected chi connectivity index (χ3v) is 3.65. The first kappa shape index (κ1) is 13.6. The second-order valence-corrected chi connectivity index (χ2v) is 4.88. The van der Waals surface area contributed by atoms with Crippen LogP contribution in [0.5, 0.6) is 0 Å². The van der Waals surface area contributed by atoms with Gasteiger partial charge < -0.3 is 15.6 Å². The van der Waals surface area contributed by atoms with Gasteiger partial charge in [-0.25, -0.2) is 0 Å². The number of aromatic nitrogens is 1. The Morgan fingerprint density at radius 1 is 1.42 bits per heavy atom. The highest BCUT2D eigenvalue weighted by molar-refractivity contribution is 6.05. The standard InChI is InChI=1S/C15H21N3O/c1-4-11(9-16)15(19)18(3)14-10(2)17-13-8-6-5-7-12(13)14/h5-8,11,17H,4,9,16H2,1-3H3. The summed E-state index contributed by atoms with van der Waals surface area (Å²) < 4.78 is 0. The van der Waals surface area contributed by atoms with Crippen molar-refractivity contribution in [1.29, 1.82) is 0 Å². The summed E-state index contributed by atoms with van der Waals surface area (Å²) >= 11 is 0. The smallest absolute Gasteiger partial charge is 0.231 e. The van der Waals surface area contributed by atoms with Crippen molar-refractivity contribution in [2.45, 2.75) is 20.3 Å². The molecule has 19 heavy (non-hydrogen) atoms. The van der Waals surface area contributed by atoms with E-state index in [9.17, 15) is 4.79 Å². The van der Waals surface area contributed by atoms with E-state index in [0.29, 0.717) is 6.54 Å². The minimum absolute atomic E-state index is 0.0813. The van der Waals surface area contributed by atoms with Crippen molar-refractivity contribution in [3.8, 4) is 0 Å². The Kier molecular flexibility index (Phi) is 3.90. The van der Waals surface area contributed by atoms with Gasteiger partial charge in [0.15, 0.2) is 0 Å². The number of aromatic amines is 1. The summed E-state index contributed by atoms with van der Waals surface area (Å²) in [6, 6.07) is 8.02. The summed E-state index contributed by atoms with van der Waals surface area (Å²) in [7, 11) is 1.82. The van der Waals surface area contributed by atoms with Crippen LogP contribution in [0.1, 0.15) is 19.0 Å². The lowest BCUT2D eigenvalue weighted by Crippen LogP contribution is -2.36. The summed E-state index contributed by atoms with van der Waals surface area (Å²) in [6.45, 7) is 4.37. The van der Waals surface area contributed by atoms with E-state index >= 15 is 0 Å². The number of carbonyl (C=O) groups excluding carboxylic acids is 1. The first-order valence-corrected chi connectivity index (χ1v) is 6.65. The maximum absolute atomic E-state index is 12.4. The van der Waals surface area contributed by atoms with Gasteiger partial charge in [0.05, 0.1) is 11.6 Å². The minimum atomic E-state index is -0.113. The average Bonchev–Trinajstić information content (AvgIpc) is 2.75. The molecule has 0 aliphatic carbocycles. The molecule has 0 aliphatic rings. The van der Waals surface area contributed by atoms with Gasteiger partial charge in [-0.1, -0.05) is 25.1 Å². The van der Waals surface area contributed by atoms with Gasteiger partial charge in [-0.05, 0) is 19.4 Å². The highest BCUT2D eigenvalue weighted by Gasteiger charge is 2.23. The fourth-order valence-corrected chi connectivity index (χ4v) is 2.52. The number of nitrogens with zero attached hydrogens (tertiary/aromatic N) is 1. The molecule has 4 nitrogen and oxygen atoms in total. The second kappa shape index (κ2) is 5.45. The van der Waals surface area contributed by atoms with Crippen LogP contribution in [0.3, 0.4) is 0 Å². The van der Waals surface area contributed by atoms with E-state index in [0.717, 1.165) is 28.7 Å². The summed E-state index contributed by atoms with van der Waals surface area (Å²) in [5.74, 6) is -0.0316. The summed E-state index contributed by atoms with van der Waals surface area (Å²) in [5, 5.41) is 1.07. The molecule has 1 unspecified atom stereocenters. The molecule has 0 spiro atoms. The van der Waals surface area contributed by atoms with Gasteiger partial charge in [0.1, 0.15) is 0 Å². The SMILES string of the molecule is CCC(CN)C(=O)N(C)c1c(C)[nH]c2ccccc12. The molecule has 102 valence electrons. The predicted octanol–water partition coefficient (Wildman–Crippen LogP) is 2.42. The van der Waals surface area contributed by atoms with Gasteiger partial charge in [-0.15, -0.1) is 0 Å². The molecule has 0 aliphatic heterocycles. The molecule has 3 N–H and O–H groups in total. The fourth-order valence-electron chi connectivity index (χ4n) is 2.52. The van der Waals surface area contributed by atoms with Crippen LogP contribution in [-0.4, -0.2) is 24.5 Å². The predicted molar refractivity (Wildman–Crippen MR) is 79.3 cm³/mol. The third-order valence-electron chi connectivity index (χ3n) is 3.65. The highest BCUT2D eigenvalue weighted by atomic mass is 16.2. The van der Waals surface area contributed by atoms with Crippen LogP contribution < -0.4 is 10.6 Å². The van der Waals surface area contributed by atoms with Gasteiger partial charge in [-0.3, -0.25) is 4.79 Å². The van der Waals surface area contributed by atoms with E-state index in [2.05, 4.69) is 4.98 Å². The van der Waals surface area contributed by atoms with Crippen molar-refractivity contribution >= 4 is 22.5 Å². The molecule has 0 fully saturated rings. The van der Waals surface area contributed by atoms with Crippen LogP contribution in [0.15, 0.2) is 24.3 Å². The normalized spacial score (nSPS) is 12.6. The van der Waals surface area contributed by atoms with Crippen LogP contribution in [-0.2, 0) is 4.79 Å². The van der Waals surface area contributed by atoms with Crippen molar-refractivity contribution < 1.29 is 4.79 Å². The molecule has 0 saturated carbocycles. The fraction of sp³-hybridized carbons (Fsp3) is 0.400. The number of carbonyl (C=O) groups is 1. The lowest BCUT2D eigenvalue weighted by molar-refractivity contribution is -0.121. The van der Waals surface area contributed by atoms with Crippen LogP contribution >= 0.6 is 0 Å². The van der Waals surface area contributed by atoms with E-state index in [-0.39, 0.29) is 11.8 Å². The third kappa shape index (κ3) is 2.36. The average molecular weight is 259 g/mol. The number of fused-ring (bicyclic) bond motifs is 1. The zero-order chi connectivity index (χ0) is 14.0. The van der Waals surface area contributed by atoms with E-state index < -0.39 is 0 Å². The Bertz CT molecular complexity index is 584. The quantitative estimate of drug-likeness (QED) is 0.885. The number of aryl methyl sites for hydroxylation is 1. The highest BCUT2D eigenvalue weighted by Crippen LogP contribution is 2.30. The Morgan fingerprint density at radius 2 is 2.11 bits per heavy atom. The number of hydrogen-bond donors (Lipinski definition) is 2. The molecule has 1 aromatic carbocycles. The molecule has 4 heteroatoms. The van der Waals surface area contributed by atoms with Crippen LogP contribution in [0, 0.1) is 12.8 Å². The lowest BCUT2D eigenvalue weighted by atomic mass is 10.0. The maximum atomic E-state index is 12.4. The van der Waals surface area contributed by atoms with Crippen molar-refractivity contribution in [3.05, 3.63) is 30.0 Å². The van der Waals surface area contributed by atoms with Crippen LogP contribution in [0.2, 0.25) is 0 Å². The Labute approximate surface area is 113 Å². The van der Waals surface area contributed by atoms with Gasteiger partial charge >= 0.3 is 0 Å². The molecule has 0 radical (unpaired) electrons. The zero-order valence-electron chi connectivity index (χ0n) is 11.7. The number of hydrogen-bond acceptors (Lipinski definition) is 2. The van der Waals surface area contributed by atoms with Crippen molar-refractivity contribution in [2.75, 3.05) is 18.5 Å². The Hall–Kier alpha value is -1.81. The molecule has 0 bridgehead atoms. The molecule has 1 aromatic heterocycles. The van der Waals surface area contributed by atoms with Crippen molar-refractivity contribution in [2.24, 2.45) is 11.7 Å². The number of amides is 1. The van der Waals surface area contributed by atoms with Gasteiger partial charge in [0, 0.05) is 30.2 Å². The molecular weight excluding hydrogens is 238 g/mol. The van der Waals surface area contributed by atoms with Crippen molar-refractivity contribution in [3.63, 3.8) is 0 Å². The van der Waals surface area contributed by atoms with Crippen LogP contribution in [0.4, 0.5) is 5.69 Å². The summed E-state index contributed by atoms with van der Waals surface area (Å²) in [6.07, 6.45) is 0.765. The Morgan fingerprint density at radius 3 is 2.74 bits per heavy atom. The first-order chi connectivity index (χ1) is 9.10. The Balaban J connectivity index is 2.43. The molecular formula is C15H21N3O. The van der Waals surface area contributed by atoms with E-state index in [1.807, 2.05) is 45.2 Å². The number of rotatable bonds is 4. The van der Waals surface area contributed by atoms with E-state index in [1.165, 1.54) is 0 Å². The number of anilines is 1. The van der Waals surface area contributed by atoms with Crippen molar-refractivity contribution in [1.82, 2.24) is 4.98 Å². The van der Waals surface area contributed by atoms with Gasteiger partial charge in [0.25, 0.3) is 0 Å². The molecule has 0 saturated heterocycles. The number of para-hydroxylation sites is 1. The van der Waals surface area contributed by atoms with E-state index in [1.54, 1.807) is 4.90 Å². The second-order valence-electron chi connectivity index (χ2n) is 4.88. The monoisotopic (exact) mass is 259 g/mol. The molecule has 1 amide bonds. The molecule has 2 aromatic rings. The van der Waals surface area contributed by atoms with Gasteiger partial charge in [-0.2, -0.15) is 0 Å². The maximum Gasteiger partial charge on any atom is 0.231 e. The number of H-pyrrole nitrogens is 1. The first-order valence-electron chi connectivity index (χ1n) is 6.65. The number of benzene rings is 1. The largest absolute Gasteiger partial charge is 0.357 e.